The number of likely N-dealkylation sites (N-methyl/N-ethyl adjacent to an activating group) is 1. The Morgan fingerprint density at radius 2 is 2.17 bits per heavy atom. The van der Waals surface area contributed by atoms with Gasteiger partial charge >= 0.3 is 5.63 Å². The molecule has 2 rings (SSSR count). The van der Waals surface area contributed by atoms with Gasteiger partial charge in [-0.3, -0.25) is 4.79 Å². The molecule has 0 saturated heterocycles. The fourth-order valence-electron chi connectivity index (χ4n) is 2.37. The molecule has 0 saturated carbocycles. The minimum atomic E-state index is -0.393. The lowest BCUT2D eigenvalue weighted by Gasteiger charge is -2.15. The van der Waals surface area contributed by atoms with Gasteiger partial charge in [0.1, 0.15) is 11.3 Å². The standard InChI is InChI=1S/C18H20N2O4/c1-3-5-13-10-18(22)24-16-11-14(6-7-15(13)16)23-12-17(21)20(2)9-4-8-19/h6-7,10-11H,3-5,9,12H2,1-2H3. The summed E-state index contributed by atoms with van der Waals surface area (Å²) in [5.41, 5.74) is 1.01. The largest absolute Gasteiger partial charge is 0.484 e. The summed E-state index contributed by atoms with van der Waals surface area (Å²) in [6.07, 6.45) is 2.01. The quantitative estimate of drug-likeness (QED) is 0.729. The smallest absolute Gasteiger partial charge is 0.336 e. The number of rotatable bonds is 7. The first-order chi connectivity index (χ1) is 11.5. The molecule has 0 aliphatic rings. The third-order valence-corrected chi connectivity index (χ3v) is 3.67. The SMILES string of the molecule is CCCc1cc(=O)oc2cc(OCC(=O)N(C)CCC#N)ccc12. The number of nitrogens with zero attached hydrogens (tertiary/aromatic N) is 2. The summed E-state index contributed by atoms with van der Waals surface area (Å²) in [5, 5.41) is 9.41. The number of hydrogen-bond donors (Lipinski definition) is 0. The van der Waals surface area contributed by atoms with Crippen molar-refractivity contribution in [3.05, 3.63) is 40.2 Å². The normalized spacial score (nSPS) is 10.4. The fourth-order valence-corrected chi connectivity index (χ4v) is 2.37. The van der Waals surface area contributed by atoms with Gasteiger partial charge in [-0.2, -0.15) is 5.26 Å². The Balaban J connectivity index is 2.12. The molecule has 24 heavy (non-hydrogen) atoms. The van der Waals surface area contributed by atoms with Gasteiger partial charge in [0, 0.05) is 31.1 Å². The van der Waals surface area contributed by atoms with Crippen molar-refractivity contribution in [3.63, 3.8) is 0 Å². The molecule has 0 aliphatic carbocycles. The number of nitriles is 1. The van der Waals surface area contributed by atoms with Gasteiger partial charge in [-0.25, -0.2) is 4.79 Å². The summed E-state index contributed by atoms with van der Waals surface area (Å²) in [6, 6.07) is 8.72. The van der Waals surface area contributed by atoms with Crippen molar-refractivity contribution < 1.29 is 13.9 Å². The second kappa shape index (κ2) is 8.16. The van der Waals surface area contributed by atoms with Crippen molar-refractivity contribution >= 4 is 16.9 Å². The van der Waals surface area contributed by atoms with Crippen molar-refractivity contribution in [2.45, 2.75) is 26.2 Å². The molecular formula is C18H20N2O4. The number of benzene rings is 1. The van der Waals surface area contributed by atoms with E-state index in [2.05, 4.69) is 0 Å². The molecule has 0 bridgehead atoms. The van der Waals surface area contributed by atoms with Gasteiger partial charge in [-0.05, 0) is 24.1 Å². The topological polar surface area (TPSA) is 83.5 Å². The summed E-state index contributed by atoms with van der Waals surface area (Å²) >= 11 is 0. The third kappa shape index (κ3) is 4.35. The van der Waals surface area contributed by atoms with Crippen LogP contribution >= 0.6 is 0 Å². The predicted molar refractivity (Wildman–Crippen MR) is 89.8 cm³/mol. The summed E-state index contributed by atoms with van der Waals surface area (Å²) in [5.74, 6) is 0.243. The van der Waals surface area contributed by atoms with E-state index in [9.17, 15) is 9.59 Å². The van der Waals surface area contributed by atoms with Crippen LogP contribution in [0.1, 0.15) is 25.3 Å². The third-order valence-electron chi connectivity index (χ3n) is 3.67. The van der Waals surface area contributed by atoms with Crippen LogP contribution in [0.25, 0.3) is 11.0 Å². The van der Waals surface area contributed by atoms with Crippen LogP contribution in [0.3, 0.4) is 0 Å². The lowest BCUT2D eigenvalue weighted by atomic mass is 10.1. The Morgan fingerprint density at radius 3 is 2.88 bits per heavy atom. The lowest BCUT2D eigenvalue weighted by molar-refractivity contribution is -0.131. The average molecular weight is 328 g/mol. The summed E-state index contributed by atoms with van der Waals surface area (Å²) in [4.78, 5) is 25.0. The maximum absolute atomic E-state index is 11.9. The molecule has 0 unspecified atom stereocenters. The maximum Gasteiger partial charge on any atom is 0.336 e. The number of carbonyl (C=O) groups excluding carboxylic acids is 1. The van der Waals surface area contributed by atoms with E-state index < -0.39 is 5.63 Å². The second-order valence-corrected chi connectivity index (χ2v) is 5.51. The number of hydrogen-bond acceptors (Lipinski definition) is 5. The fraction of sp³-hybridized carbons (Fsp3) is 0.389. The van der Waals surface area contributed by atoms with Crippen LogP contribution in [0.5, 0.6) is 5.75 Å². The second-order valence-electron chi connectivity index (χ2n) is 5.51. The van der Waals surface area contributed by atoms with Crippen molar-refractivity contribution in [2.24, 2.45) is 0 Å². The molecule has 6 nitrogen and oxygen atoms in total. The molecule has 1 aromatic carbocycles. The van der Waals surface area contributed by atoms with Crippen molar-refractivity contribution in [2.75, 3.05) is 20.2 Å². The first-order valence-corrected chi connectivity index (χ1v) is 7.85. The molecule has 0 radical (unpaired) electrons. The first kappa shape index (κ1) is 17.5. The molecule has 0 N–H and O–H groups in total. The van der Waals surface area contributed by atoms with Crippen LogP contribution in [0, 0.1) is 11.3 Å². The Labute approximate surface area is 140 Å². The number of ether oxygens (including phenoxy) is 1. The van der Waals surface area contributed by atoms with Crippen LogP contribution in [0.2, 0.25) is 0 Å². The molecular weight excluding hydrogens is 308 g/mol. The molecule has 0 spiro atoms. The summed E-state index contributed by atoms with van der Waals surface area (Å²) in [6.45, 7) is 2.28. The summed E-state index contributed by atoms with van der Waals surface area (Å²) in [7, 11) is 1.62. The van der Waals surface area contributed by atoms with E-state index in [4.69, 9.17) is 14.4 Å². The Bertz CT molecular complexity index is 820. The van der Waals surface area contributed by atoms with Crippen LogP contribution in [-0.2, 0) is 11.2 Å². The van der Waals surface area contributed by atoms with Gasteiger partial charge in [0.05, 0.1) is 12.5 Å². The monoisotopic (exact) mass is 328 g/mol. The molecule has 126 valence electrons. The molecule has 1 amide bonds. The van der Waals surface area contributed by atoms with E-state index in [0.717, 1.165) is 23.8 Å². The minimum Gasteiger partial charge on any atom is -0.484 e. The average Bonchev–Trinajstić information content (AvgIpc) is 2.57. The van der Waals surface area contributed by atoms with Crippen LogP contribution in [-0.4, -0.2) is 31.0 Å². The highest BCUT2D eigenvalue weighted by molar-refractivity contribution is 5.82. The first-order valence-electron chi connectivity index (χ1n) is 7.85. The van der Waals surface area contributed by atoms with Crippen molar-refractivity contribution in [1.29, 1.82) is 5.26 Å². The molecule has 0 aliphatic heterocycles. The molecule has 2 aromatic rings. The molecule has 1 aromatic heterocycles. The number of fused-ring (bicyclic) bond motifs is 1. The van der Waals surface area contributed by atoms with Gasteiger partial charge < -0.3 is 14.1 Å². The highest BCUT2D eigenvalue weighted by Crippen LogP contribution is 2.23. The zero-order chi connectivity index (χ0) is 17.5. The molecule has 6 heteroatoms. The minimum absolute atomic E-state index is 0.133. The van der Waals surface area contributed by atoms with E-state index in [1.165, 1.54) is 11.0 Å². The highest BCUT2D eigenvalue weighted by atomic mass is 16.5. The van der Waals surface area contributed by atoms with Gasteiger partial charge in [-0.15, -0.1) is 0 Å². The van der Waals surface area contributed by atoms with Crippen LogP contribution < -0.4 is 10.4 Å². The Morgan fingerprint density at radius 1 is 1.38 bits per heavy atom. The maximum atomic E-state index is 11.9. The van der Waals surface area contributed by atoms with E-state index in [-0.39, 0.29) is 18.9 Å². The van der Waals surface area contributed by atoms with Crippen LogP contribution in [0.4, 0.5) is 0 Å². The van der Waals surface area contributed by atoms with Gasteiger partial charge in [-0.1, -0.05) is 13.3 Å². The number of amides is 1. The van der Waals surface area contributed by atoms with Crippen LogP contribution in [0.15, 0.2) is 33.5 Å². The zero-order valence-electron chi connectivity index (χ0n) is 13.9. The van der Waals surface area contributed by atoms with E-state index in [1.54, 1.807) is 19.2 Å². The van der Waals surface area contributed by atoms with E-state index in [0.29, 0.717) is 17.9 Å². The summed E-state index contributed by atoms with van der Waals surface area (Å²) < 4.78 is 10.7. The molecule has 0 atom stereocenters. The zero-order valence-corrected chi connectivity index (χ0v) is 13.9. The molecule has 0 fully saturated rings. The van der Waals surface area contributed by atoms with Gasteiger partial charge in [0.25, 0.3) is 5.91 Å². The Kier molecular flexibility index (Phi) is 5.96. The number of aryl methyl sites for hydroxylation is 1. The van der Waals surface area contributed by atoms with Crippen molar-refractivity contribution in [3.8, 4) is 11.8 Å². The van der Waals surface area contributed by atoms with E-state index >= 15 is 0 Å². The predicted octanol–water partition coefficient (Wildman–Crippen LogP) is 2.50. The molecule has 1 heterocycles. The number of carbonyl (C=O) groups is 1. The van der Waals surface area contributed by atoms with Gasteiger partial charge in [0.15, 0.2) is 6.61 Å². The van der Waals surface area contributed by atoms with Crippen molar-refractivity contribution in [1.82, 2.24) is 4.90 Å². The highest BCUT2D eigenvalue weighted by Gasteiger charge is 2.11. The lowest BCUT2D eigenvalue weighted by Crippen LogP contribution is -2.32. The Hall–Kier alpha value is -2.81. The van der Waals surface area contributed by atoms with Gasteiger partial charge in [0.2, 0.25) is 0 Å². The van der Waals surface area contributed by atoms with E-state index in [1.807, 2.05) is 19.1 Å².